The molecule has 0 bridgehead atoms. The highest BCUT2D eigenvalue weighted by molar-refractivity contribution is 6.30. The van der Waals surface area contributed by atoms with Crippen molar-refractivity contribution in [2.24, 2.45) is 0 Å². The first-order valence-corrected chi connectivity index (χ1v) is 7.79. The first-order valence-electron chi connectivity index (χ1n) is 7.41. The maximum atomic E-state index is 6.09. The molecular weight excluding hydrogens is 282 g/mol. The van der Waals surface area contributed by atoms with Crippen LogP contribution in [0.5, 0.6) is 5.75 Å². The molecular formula is C18H20ClNO. The molecule has 0 saturated carbocycles. The summed E-state index contributed by atoms with van der Waals surface area (Å²) in [5, 5.41) is 4.40. The minimum Gasteiger partial charge on any atom is -0.496 e. The molecule has 2 aromatic carbocycles. The lowest BCUT2D eigenvalue weighted by atomic mass is 9.87. The highest BCUT2D eigenvalue weighted by atomic mass is 35.5. The average molecular weight is 302 g/mol. The lowest BCUT2D eigenvalue weighted by Gasteiger charge is -2.26. The Bertz CT molecular complexity index is 626. The topological polar surface area (TPSA) is 21.3 Å². The molecule has 3 rings (SSSR count). The molecule has 2 aromatic rings. The van der Waals surface area contributed by atoms with Crippen molar-refractivity contribution in [2.45, 2.75) is 31.8 Å². The van der Waals surface area contributed by atoms with Gasteiger partial charge in [-0.2, -0.15) is 0 Å². The van der Waals surface area contributed by atoms with Crippen molar-refractivity contribution in [3.8, 4) is 5.75 Å². The third-order valence-corrected chi connectivity index (χ3v) is 4.39. The lowest BCUT2D eigenvalue weighted by Crippen LogP contribution is -2.25. The summed E-state index contributed by atoms with van der Waals surface area (Å²) in [5.41, 5.74) is 4.01. The van der Waals surface area contributed by atoms with Crippen LogP contribution in [0, 0.1) is 0 Å². The molecule has 0 amide bonds. The van der Waals surface area contributed by atoms with Gasteiger partial charge in [-0.3, -0.25) is 0 Å². The molecule has 1 unspecified atom stereocenters. The van der Waals surface area contributed by atoms with E-state index in [9.17, 15) is 0 Å². The van der Waals surface area contributed by atoms with Crippen molar-refractivity contribution in [2.75, 3.05) is 7.11 Å². The molecule has 0 heterocycles. The van der Waals surface area contributed by atoms with E-state index in [-0.39, 0.29) is 0 Å². The van der Waals surface area contributed by atoms with Gasteiger partial charge in [0.1, 0.15) is 5.75 Å². The Morgan fingerprint density at radius 2 is 2.10 bits per heavy atom. The fourth-order valence-electron chi connectivity index (χ4n) is 3.08. The van der Waals surface area contributed by atoms with Gasteiger partial charge in [-0.15, -0.1) is 0 Å². The van der Waals surface area contributed by atoms with E-state index in [2.05, 4.69) is 29.6 Å². The number of ether oxygens (including phenoxy) is 1. The van der Waals surface area contributed by atoms with E-state index in [1.165, 1.54) is 30.4 Å². The van der Waals surface area contributed by atoms with Crippen molar-refractivity contribution in [3.63, 3.8) is 0 Å². The van der Waals surface area contributed by atoms with E-state index in [0.29, 0.717) is 6.04 Å². The lowest BCUT2D eigenvalue weighted by molar-refractivity contribution is 0.401. The Morgan fingerprint density at radius 3 is 2.95 bits per heavy atom. The van der Waals surface area contributed by atoms with Crippen molar-refractivity contribution in [1.82, 2.24) is 5.32 Å². The second-order valence-corrected chi connectivity index (χ2v) is 5.92. The third-order valence-electron chi connectivity index (χ3n) is 4.15. The molecule has 21 heavy (non-hydrogen) atoms. The van der Waals surface area contributed by atoms with Crippen LogP contribution < -0.4 is 10.1 Å². The Kier molecular flexibility index (Phi) is 4.47. The average Bonchev–Trinajstić information content (AvgIpc) is 2.53. The normalized spacial score (nSPS) is 17.3. The number of aryl methyl sites for hydroxylation is 1. The van der Waals surface area contributed by atoms with Crippen LogP contribution in [0.2, 0.25) is 5.02 Å². The molecule has 1 N–H and O–H groups in total. The van der Waals surface area contributed by atoms with Gasteiger partial charge in [-0.05, 0) is 48.6 Å². The number of hydrogen-bond donors (Lipinski definition) is 1. The van der Waals surface area contributed by atoms with Crippen LogP contribution in [0.1, 0.15) is 35.6 Å². The number of methoxy groups -OCH3 is 1. The van der Waals surface area contributed by atoms with Gasteiger partial charge in [0.05, 0.1) is 7.11 Å². The van der Waals surface area contributed by atoms with Gasteiger partial charge >= 0.3 is 0 Å². The van der Waals surface area contributed by atoms with Gasteiger partial charge in [-0.25, -0.2) is 0 Å². The monoisotopic (exact) mass is 301 g/mol. The largest absolute Gasteiger partial charge is 0.496 e. The second kappa shape index (κ2) is 6.50. The molecule has 0 saturated heterocycles. The van der Waals surface area contributed by atoms with Gasteiger partial charge in [-0.1, -0.05) is 35.9 Å². The maximum absolute atomic E-state index is 6.09. The molecule has 0 aliphatic heterocycles. The summed E-state index contributed by atoms with van der Waals surface area (Å²) in [6.45, 7) is 0.767. The van der Waals surface area contributed by atoms with Crippen molar-refractivity contribution < 1.29 is 4.74 Å². The number of halogens is 1. The summed E-state index contributed by atoms with van der Waals surface area (Å²) in [5.74, 6) is 0.885. The predicted molar refractivity (Wildman–Crippen MR) is 87.0 cm³/mol. The summed E-state index contributed by atoms with van der Waals surface area (Å²) in [7, 11) is 1.70. The van der Waals surface area contributed by atoms with Crippen molar-refractivity contribution >= 4 is 11.6 Å². The second-order valence-electron chi connectivity index (χ2n) is 5.48. The smallest absolute Gasteiger partial charge is 0.123 e. The Morgan fingerprint density at radius 1 is 1.24 bits per heavy atom. The number of benzene rings is 2. The zero-order valence-corrected chi connectivity index (χ0v) is 13.0. The Balaban J connectivity index is 1.76. The Hall–Kier alpha value is -1.51. The van der Waals surface area contributed by atoms with E-state index in [1.54, 1.807) is 7.11 Å². The van der Waals surface area contributed by atoms with E-state index in [1.807, 2.05) is 18.2 Å². The first kappa shape index (κ1) is 14.4. The SMILES string of the molecule is COc1ccc(Cl)cc1CNC1CCCc2ccccc21. The number of fused-ring (bicyclic) bond motifs is 1. The molecule has 0 spiro atoms. The minimum absolute atomic E-state index is 0.415. The van der Waals surface area contributed by atoms with Crippen LogP contribution in [-0.4, -0.2) is 7.11 Å². The summed E-state index contributed by atoms with van der Waals surface area (Å²) in [6.07, 6.45) is 3.61. The fourth-order valence-corrected chi connectivity index (χ4v) is 3.28. The zero-order chi connectivity index (χ0) is 14.7. The van der Waals surface area contributed by atoms with E-state index < -0.39 is 0 Å². The number of rotatable bonds is 4. The van der Waals surface area contributed by atoms with Crippen LogP contribution in [0.25, 0.3) is 0 Å². The van der Waals surface area contributed by atoms with Crippen LogP contribution in [0.4, 0.5) is 0 Å². The van der Waals surface area contributed by atoms with Crippen molar-refractivity contribution in [1.29, 1.82) is 0 Å². The molecule has 0 radical (unpaired) electrons. The molecule has 1 aliphatic rings. The first-order chi connectivity index (χ1) is 10.3. The maximum Gasteiger partial charge on any atom is 0.123 e. The molecule has 0 aromatic heterocycles. The quantitative estimate of drug-likeness (QED) is 0.897. The Labute approximate surface area is 131 Å². The zero-order valence-electron chi connectivity index (χ0n) is 12.2. The van der Waals surface area contributed by atoms with Crippen LogP contribution in [0.3, 0.4) is 0 Å². The number of nitrogens with one attached hydrogen (secondary N) is 1. The summed E-state index contributed by atoms with van der Waals surface area (Å²) in [6, 6.07) is 14.9. The molecule has 2 nitrogen and oxygen atoms in total. The van der Waals surface area contributed by atoms with Gasteiger partial charge in [0.15, 0.2) is 0 Å². The molecule has 3 heteroatoms. The minimum atomic E-state index is 0.415. The van der Waals surface area contributed by atoms with Gasteiger partial charge < -0.3 is 10.1 Å². The predicted octanol–water partition coefficient (Wildman–Crippen LogP) is 4.52. The molecule has 1 aliphatic carbocycles. The van der Waals surface area contributed by atoms with Crippen LogP contribution in [-0.2, 0) is 13.0 Å². The van der Waals surface area contributed by atoms with Crippen molar-refractivity contribution in [3.05, 3.63) is 64.2 Å². The van der Waals surface area contributed by atoms with E-state index in [0.717, 1.165) is 22.9 Å². The van der Waals surface area contributed by atoms with Gasteiger partial charge in [0.2, 0.25) is 0 Å². The third kappa shape index (κ3) is 3.22. The summed E-state index contributed by atoms with van der Waals surface area (Å²) in [4.78, 5) is 0. The van der Waals surface area contributed by atoms with Gasteiger partial charge in [0.25, 0.3) is 0 Å². The van der Waals surface area contributed by atoms with Crippen LogP contribution >= 0.6 is 11.6 Å². The van der Waals surface area contributed by atoms with Crippen LogP contribution in [0.15, 0.2) is 42.5 Å². The highest BCUT2D eigenvalue weighted by Crippen LogP contribution is 2.30. The van der Waals surface area contributed by atoms with E-state index >= 15 is 0 Å². The number of hydrogen-bond acceptors (Lipinski definition) is 2. The molecule has 110 valence electrons. The van der Waals surface area contributed by atoms with E-state index in [4.69, 9.17) is 16.3 Å². The highest BCUT2D eigenvalue weighted by Gasteiger charge is 2.19. The molecule has 1 atom stereocenters. The standard InChI is InChI=1S/C18H20ClNO/c1-21-18-10-9-15(19)11-14(18)12-20-17-8-4-6-13-5-2-3-7-16(13)17/h2-3,5,7,9-11,17,20H,4,6,8,12H2,1H3. The van der Waals surface area contributed by atoms with Gasteiger partial charge in [0, 0.05) is 23.2 Å². The summed E-state index contributed by atoms with van der Waals surface area (Å²) >= 11 is 6.09. The summed E-state index contributed by atoms with van der Waals surface area (Å²) < 4.78 is 5.41. The molecule has 0 fully saturated rings. The fraction of sp³-hybridized carbons (Fsp3) is 0.333.